The molecule has 0 radical (unpaired) electrons. The van der Waals surface area contributed by atoms with E-state index in [-0.39, 0.29) is 11.6 Å². The van der Waals surface area contributed by atoms with Crippen LogP contribution in [0.1, 0.15) is 31.9 Å². The Morgan fingerprint density at radius 3 is 2.65 bits per heavy atom. The molecule has 0 unspecified atom stereocenters. The zero-order chi connectivity index (χ0) is 18.9. The summed E-state index contributed by atoms with van der Waals surface area (Å²) in [6.07, 6.45) is 0.673. The van der Waals surface area contributed by atoms with Crippen molar-refractivity contribution in [3.63, 3.8) is 0 Å². The van der Waals surface area contributed by atoms with Gasteiger partial charge in [-0.15, -0.1) is 0 Å². The molecular formula is C19H20F2N2O2S. The molecule has 138 valence electrons. The maximum Gasteiger partial charge on any atom is 0.171 e. The first-order chi connectivity index (χ1) is 12.3. The first-order valence-corrected chi connectivity index (χ1v) is 8.58. The van der Waals surface area contributed by atoms with Gasteiger partial charge in [-0.25, -0.2) is 8.78 Å². The van der Waals surface area contributed by atoms with Gasteiger partial charge in [0.2, 0.25) is 0 Å². The second-order valence-corrected chi connectivity index (χ2v) is 7.16. The minimum atomic E-state index is -0.930. The van der Waals surface area contributed by atoms with E-state index < -0.39 is 11.6 Å². The smallest absolute Gasteiger partial charge is 0.171 e. The molecule has 0 aromatic heterocycles. The number of hydrogen-bond acceptors (Lipinski definition) is 3. The quantitative estimate of drug-likeness (QED) is 0.767. The molecule has 1 heterocycles. The number of nitrogens with one attached hydrogen (secondary N) is 2. The molecule has 26 heavy (non-hydrogen) atoms. The Kier molecular flexibility index (Phi) is 5.00. The van der Waals surface area contributed by atoms with E-state index in [0.29, 0.717) is 17.2 Å². The number of fused-ring (bicyclic) bond motifs is 1. The third kappa shape index (κ3) is 4.04. The van der Waals surface area contributed by atoms with E-state index in [0.717, 1.165) is 29.2 Å². The van der Waals surface area contributed by atoms with E-state index >= 15 is 0 Å². The van der Waals surface area contributed by atoms with Crippen molar-refractivity contribution in [2.75, 3.05) is 12.4 Å². The van der Waals surface area contributed by atoms with Crippen LogP contribution in [0.2, 0.25) is 0 Å². The highest BCUT2D eigenvalue weighted by atomic mass is 32.1. The van der Waals surface area contributed by atoms with Gasteiger partial charge in [-0.3, -0.25) is 0 Å². The summed E-state index contributed by atoms with van der Waals surface area (Å²) < 4.78 is 37.7. The van der Waals surface area contributed by atoms with Crippen LogP contribution in [-0.2, 0) is 0 Å². The third-order valence-electron chi connectivity index (χ3n) is 4.16. The number of thiocarbonyl (C=S) groups is 1. The lowest BCUT2D eigenvalue weighted by atomic mass is 9.89. The summed E-state index contributed by atoms with van der Waals surface area (Å²) >= 11 is 5.35. The third-order valence-corrected chi connectivity index (χ3v) is 4.38. The molecule has 0 fully saturated rings. The summed E-state index contributed by atoms with van der Waals surface area (Å²) in [6, 6.07) is 9.05. The predicted molar refractivity (Wildman–Crippen MR) is 101 cm³/mol. The Bertz CT molecular complexity index is 842. The van der Waals surface area contributed by atoms with Crippen LogP contribution in [0.5, 0.6) is 11.5 Å². The van der Waals surface area contributed by atoms with Crippen molar-refractivity contribution in [1.29, 1.82) is 0 Å². The minimum absolute atomic E-state index is 0.117. The van der Waals surface area contributed by atoms with Gasteiger partial charge in [0.05, 0.1) is 13.2 Å². The number of benzene rings is 2. The van der Waals surface area contributed by atoms with Crippen LogP contribution in [-0.4, -0.2) is 17.8 Å². The molecule has 0 aliphatic carbocycles. The van der Waals surface area contributed by atoms with Gasteiger partial charge in [0, 0.05) is 23.7 Å². The number of rotatable bonds is 3. The van der Waals surface area contributed by atoms with Crippen molar-refractivity contribution in [3.05, 3.63) is 53.6 Å². The zero-order valence-electron chi connectivity index (χ0n) is 14.7. The maximum absolute atomic E-state index is 13.4. The van der Waals surface area contributed by atoms with Crippen LogP contribution < -0.4 is 20.1 Å². The van der Waals surface area contributed by atoms with Crippen LogP contribution in [0.25, 0.3) is 0 Å². The van der Waals surface area contributed by atoms with Gasteiger partial charge in [-0.1, -0.05) is 0 Å². The van der Waals surface area contributed by atoms with Crippen molar-refractivity contribution in [3.8, 4) is 11.5 Å². The van der Waals surface area contributed by atoms with Crippen LogP contribution in [0.4, 0.5) is 14.5 Å². The minimum Gasteiger partial charge on any atom is -0.497 e. The fourth-order valence-corrected chi connectivity index (χ4v) is 3.25. The SMILES string of the molecule is COc1ccc2c(c1)[C@H](NC(=S)Nc1ccc(F)c(F)c1)CC(C)(C)O2. The number of ether oxygens (including phenoxy) is 2. The Labute approximate surface area is 156 Å². The van der Waals surface area contributed by atoms with Gasteiger partial charge < -0.3 is 20.1 Å². The van der Waals surface area contributed by atoms with Gasteiger partial charge in [-0.2, -0.15) is 0 Å². The zero-order valence-corrected chi connectivity index (χ0v) is 15.5. The van der Waals surface area contributed by atoms with Gasteiger partial charge in [0.15, 0.2) is 16.7 Å². The largest absolute Gasteiger partial charge is 0.497 e. The molecule has 0 amide bonds. The molecule has 1 aliphatic heterocycles. The monoisotopic (exact) mass is 378 g/mol. The fourth-order valence-electron chi connectivity index (χ4n) is 2.99. The average molecular weight is 378 g/mol. The molecule has 2 aromatic rings. The van der Waals surface area contributed by atoms with Gasteiger partial charge in [0.1, 0.15) is 17.1 Å². The molecule has 2 N–H and O–H groups in total. The highest BCUT2D eigenvalue weighted by Gasteiger charge is 2.34. The summed E-state index contributed by atoms with van der Waals surface area (Å²) in [7, 11) is 1.60. The van der Waals surface area contributed by atoms with Gasteiger partial charge in [-0.05, 0) is 56.4 Å². The summed E-state index contributed by atoms with van der Waals surface area (Å²) in [5, 5.41) is 6.43. The Balaban J connectivity index is 1.79. The Morgan fingerprint density at radius 1 is 1.19 bits per heavy atom. The molecule has 0 bridgehead atoms. The predicted octanol–water partition coefficient (Wildman–Crippen LogP) is 4.56. The van der Waals surface area contributed by atoms with Gasteiger partial charge in [0.25, 0.3) is 0 Å². The molecule has 0 saturated carbocycles. The lowest BCUT2D eigenvalue weighted by Crippen LogP contribution is -2.42. The number of anilines is 1. The first kappa shape index (κ1) is 18.4. The average Bonchev–Trinajstić information content (AvgIpc) is 2.57. The van der Waals surface area contributed by atoms with E-state index in [1.54, 1.807) is 7.11 Å². The fraction of sp³-hybridized carbons (Fsp3) is 0.316. The number of halogens is 2. The summed E-state index contributed by atoms with van der Waals surface area (Å²) in [4.78, 5) is 0. The van der Waals surface area contributed by atoms with E-state index in [1.807, 2.05) is 32.0 Å². The molecule has 0 saturated heterocycles. The number of hydrogen-bond donors (Lipinski definition) is 2. The van der Waals surface area contributed by atoms with Crippen molar-refractivity contribution < 1.29 is 18.3 Å². The van der Waals surface area contributed by atoms with E-state index in [1.165, 1.54) is 6.07 Å². The standard InChI is InChI=1S/C19H20F2N2O2S/c1-19(2)10-16(13-9-12(24-3)5-7-17(13)25-19)23-18(26)22-11-4-6-14(20)15(21)8-11/h4-9,16H,10H2,1-3H3,(H2,22,23,26)/t16-/m1/s1. The van der Waals surface area contributed by atoms with Crippen LogP contribution >= 0.6 is 12.2 Å². The van der Waals surface area contributed by atoms with Crippen molar-refractivity contribution in [2.45, 2.75) is 31.9 Å². The molecule has 1 atom stereocenters. The molecule has 2 aromatic carbocycles. The molecular weight excluding hydrogens is 358 g/mol. The lowest BCUT2D eigenvalue weighted by Gasteiger charge is -2.38. The highest BCUT2D eigenvalue weighted by molar-refractivity contribution is 7.80. The topological polar surface area (TPSA) is 42.5 Å². The second kappa shape index (κ2) is 7.07. The van der Waals surface area contributed by atoms with Crippen molar-refractivity contribution in [1.82, 2.24) is 5.32 Å². The van der Waals surface area contributed by atoms with Crippen LogP contribution in [0.3, 0.4) is 0 Å². The van der Waals surface area contributed by atoms with E-state index in [9.17, 15) is 8.78 Å². The highest BCUT2D eigenvalue weighted by Crippen LogP contribution is 2.41. The van der Waals surface area contributed by atoms with Crippen LogP contribution in [0.15, 0.2) is 36.4 Å². The first-order valence-electron chi connectivity index (χ1n) is 8.17. The van der Waals surface area contributed by atoms with E-state index in [4.69, 9.17) is 21.7 Å². The van der Waals surface area contributed by atoms with Crippen LogP contribution in [0, 0.1) is 11.6 Å². The maximum atomic E-state index is 13.4. The Hall–Kier alpha value is -2.41. The molecule has 3 rings (SSSR count). The summed E-state index contributed by atoms with van der Waals surface area (Å²) in [5.41, 5.74) is 0.924. The Morgan fingerprint density at radius 2 is 1.96 bits per heavy atom. The second-order valence-electron chi connectivity index (χ2n) is 6.75. The molecule has 4 nitrogen and oxygen atoms in total. The normalized spacial score (nSPS) is 17.7. The molecule has 1 aliphatic rings. The lowest BCUT2D eigenvalue weighted by molar-refractivity contribution is 0.0695. The number of methoxy groups -OCH3 is 1. The van der Waals surface area contributed by atoms with E-state index in [2.05, 4.69) is 10.6 Å². The summed E-state index contributed by atoms with van der Waals surface area (Å²) in [5.74, 6) is -0.352. The molecule has 7 heteroatoms. The summed E-state index contributed by atoms with van der Waals surface area (Å²) in [6.45, 7) is 4.00. The van der Waals surface area contributed by atoms with Gasteiger partial charge >= 0.3 is 0 Å². The molecule has 0 spiro atoms. The van der Waals surface area contributed by atoms with Crippen molar-refractivity contribution in [2.24, 2.45) is 0 Å². The van der Waals surface area contributed by atoms with Crippen molar-refractivity contribution >= 4 is 23.0 Å².